The van der Waals surface area contributed by atoms with Gasteiger partial charge in [0, 0.05) is 25.6 Å². The van der Waals surface area contributed by atoms with Gasteiger partial charge in [0.05, 0.1) is 16.1 Å². The predicted molar refractivity (Wildman–Crippen MR) is 118 cm³/mol. The highest BCUT2D eigenvalue weighted by Gasteiger charge is 2.39. The minimum Gasteiger partial charge on any atom is -0.360 e. The molecule has 0 bridgehead atoms. The number of benzene rings is 1. The number of nitrogens with zero attached hydrogens (tertiary/aromatic N) is 3. The maximum absolute atomic E-state index is 13.3. The molecule has 1 aromatic carbocycles. The molecule has 7 nitrogen and oxygen atoms in total. The summed E-state index contributed by atoms with van der Waals surface area (Å²) >= 11 is 12.2. The zero-order valence-corrected chi connectivity index (χ0v) is 19.8. The highest BCUT2D eigenvalue weighted by Crippen LogP contribution is 2.37. The first-order valence-electron chi connectivity index (χ1n) is 10.4. The monoisotopic (exact) mass is 485 g/mol. The number of piperidine rings is 1. The van der Waals surface area contributed by atoms with Crippen molar-refractivity contribution in [3.8, 4) is 0 Å². The number of likely N-dealkylation sites (tertiary alicyclic amines) is 1. The number of sulfonamides is 1. The molecule has 2 aliphatic rings. The molecule has 0 saturated carbocycles. The maximum Gasteiger partial charge on any atom is 0.248 e. The number of carbonyl (C=O) groups excluding carboxylic acids is 1. The van der Waals surface area contributed by atoms with Crippen molar-refractivity contribution in [3.05, 3.63) is 45.3 Å². The Morgan fingerprint density at radius 3 is 2.42 bits per heavy atom. The topological polar surface area (TPSA) is 83.7 Å². The number of aromatic nitrogens is 1. The van der Waals surface area contributed by atoms with Crippen molar-refractivity contribution >= 4 is 39.1 Å². The van der Waals surface area contributed by atoms with Gasteiger partial charge in [-0.2, -0.15) is 4.31 Å². The number of hydrogen-bond acceptors (Lipinski definition) is 5. The lowest BCUT2D eigenvalue weighted by molar-refractivity contribution is -0.137. The fraction of sp³-hybridized carbons (Fsp3) is 0.524. The molecule has 0 N–H and O–H groups in total. The van der Waals surface area contributed by atoms with E-state index in [-0.39, 0.29) is 28.5 Å². The van der Waals surface area contributed by atoms with Crippen molar-refractivity contribution in [1.29, 1.82) is 0 Å². The van der Waals surface area contributed by atoms with Crippen molar-refractivity contribution in [2.75, 3.05) is 19.6 Å². The minimum atomic E-state index is -3.69. The number of hydrogen-bond donors (Lipinski definition) is 0. The van der Waals surface area contributed by atoms with Crippen LogP contribution in [-0.4, -0.2) is 48.3 Å². The molecule has 1 unspecified atom stereocenters. The van der Waals surface area contributed by atoms with E-state index in [1.807, 2.05) is 17.0 Å². The average Bonchev–Trinajstić information content (AvgIpc) is 3.36. The summed E-state index contributed by atoms with van der Waals surface area (Å²) in [4.78, 5) is 15.4. The van der Waals surface area contributed by atoms with Crippen LogP contribution in [0.15, 0.2) is 27.6 Å². The van der Waals surface area contributed by atoms with E-state index in [4.69, 9.17) is 27.7 Å². The Hall–Kier alpha value is -1.61. The van der Waals surface area contributed by atoms with Crippen molar-refractivity contribution in [2.24, 2.45) is 5.92 Å². The first kappa shape index (κ1) is 22.6. The van der Waals surface area contributed by atoms with Crippen LogP contribution >= 0.6 is 23.2 Å². The van der Waals surface area contributed by atoms with Gasteiger partial charge in [-0.3, -0.25) is 4.79 Å². The molecule has 2 fully saturated rings. The van der Waals surface area contributed by atoms with Crippen molar-refractivity contribution in [3.63, 3.8) is 0 Å². The fourth-order valence-electron chi connectivity index (χ4n) is 4.65. The molecule has 31 heavy (non-hydrogen) atoms. The third-order valence-electron chi connectivity index (χ3n) is 6.23. The molecule has 0 aliphatic carbocycles. The summed E-state index contributed by atoms with van der Waals surface area (Å²) < 4.78 is 32.5. The van der Waals surface area contributed by atoms with E-state index in [1.165, 1.54) is 4.31 Å². The highest BCUT2D eigenvalue weighted by atomic mass is 35.5. The fourth-order valence-corrected chi connectivity index (χ4v) is 6.71. The van der Waals surface area contributed by atoms with Crippen LogP contribution in [0.4, 0.5) is 0 Å². The predicted octanol–water partition coefficient (Wildman–Crippen LogP) is 4.36. The molecule has 2 saturated heterocycles. The van der Waals surface area contributed by atoms with Gasteiger partial charge in [0.15, 0.2) is 5.76 Å². The van der Waals surface area contributed by atoms with Crippen LogP contribution in [0.5, 0.6) is 0 Å². The van der Waals surface area contributed by atoms with Gasteiger partial charge in [0.1, 0.15) is 10.6 Å². The molecule has 3 heterocycles. The summed E-state index contributed by atoms with van der Waals surface area (Å²) in [5, 5.41) is 4.74. The Bertz CT molecular complexity index is 1070. The van der Waals surface area contributed by atoms with Crippen LogP contribution in [0.3, 0.4) is 0 Å². The lowest BCUT2D eigenvalue weighted by Gasteiger charge is -2.34. The lowest BCUT2D eigenvalue weighted by atomic mass is 9.95. The van der Waals surface area contributed by atoms with Crippen LogP contribution in [0.1, 0.15) is 48.7 Å². The average molecular weight is 486 g/mol. The number of rotatable bonds is 4. The van der Waals surface area contributed by atoms with E-state index in [0.29, 0.717) is 48.2 Å². The van der Waals surface area contributed by atoms with E-state index in [0.717, 1.165) is 18.4 Å². The van der Waals surface area contributed by atoms with Crippen molar-refractivity contribution < 1.29 is 17.7 Å². The van der Waals surface area contributed by atoms with E-state index in [1.54, 1.807) is 19.9 Å². The van der Waals surface area contributed by atoms with Crippen molar-refractivity contribution in [2.45, 2.75) is 50.5 Å². The third-order valence-corrected chi connectivity index (χ3v) is 9.12. The van der Waals surface area contributed by atoms with E-state index < -0.39 is 10.0 Å². The number of aryl methyl sites for hydroxylation is 2. The van der Waals surface area contributed by atoms with Crippen LogP contribution in [0, 0.1) is 19.8 Å². The van der Waals surface area contributed by atoms with Gasteiger partial charge in [-0.1, -0.05) is 34.4 Å². The zero-order chi connectivity index (χ0) is 22.3. The summed E-state index contributed by atoms with van der Waals surface area (Å²) in [5.41, 5.74) is 1.34. The minimum absolute atomic E-state index is 0.0219. The van der Waals surface area contributed by atoms with E-state index >= 15 is 0 Å². The van der Waals surface area contributed by atoms with Gasteiger partial charge in [-0.05, 0) is 57.2 Å². The summed E-state index contributed by atoms with van der Waals surface area (Å²) in [6.07, 6.45) is 2.79. The Morgan fingerprint density at radius 2 is 1.81 bits per heavy atom. The smallest absolute Gasteiger partial charge is 0.248 e. The lowest BCUT2D eigenvalue weighted by Crippen LogP contribution is -2.44. The summed E-state index contributed by atoms with van der Waals surface area (Å²) in [6, 6.07) is 5.49. The molecule has 1 amide bonds. The summed E-state index contributed by atoms with van der Waals surface area (Å²) in [7, 11) is -3.69. The number of carbonyl (C=O) groups is 1. The molecular formula is C21H25Cl2N3O4S. The molecule has 2 aliphatic heterocycles. The zero-order valence-electron chi connectivity index (χ0n) is 17.5. The van der Waals surface area contributed by atoms with Crippen molar-refractivity contribution in [1.82, 2.24) is 14.4 Å². The van der Waals surface area contributed by atoms with Crippen LogP contribution in [-0.2, 0) is 14.8 Å². The van der Waals surface area contributed by atoms with Crippen LogP contribution in [0.25, 0.3) is 0 Å². The van der Waals surface area contributed by atoms with Gasteiger partial charge in [-0.25, -0.2) is 8.42 Å². The molecule has 0 radical (unpaired) electrons. The van der Waals surface area contributed by atoms with E-state index in [2.05, 4.69) is 5.16 Å². The molecule has 4 rings (SSSR count). The molecular weight excluding hydrogens is 461 g/mol. The second-order valence-corrected chi connectivity index (χ2v) is 10.9. The molecule has 10 heteroatoms. The number of halogens is 2. The second kappa shape index (κ2) is 8.73. The maximum atomic E-state index is 13.3. The van der Waals surface area contributed by atoms with Gasteiger partial charge in [0.2, 0.25) is 15.9 Å². The molecule has 2 aromatic rings. The quantitative estimate of drug-likeness (QED) is 0.641. The molecule has 1 atom stereocenters. The standard InChI is InChI=1S/C21H25Cl2N3O4S/c1-13-20(14(2)30-24-13)31(28,29)25-10-7-15(8-11-25)21(27)26-9-3-4-19(26)16-5-6-17(22)18(23)12-16/h5-6,12,15,19H,3-4,7-11H2,1-2H3. The van der Waals surface area contributed by atoms with Crippen LogP contribution in [0.2, 0.25) is 10.0 Å². The Balaban J connectivity index is 1.45. The number of amides is 1. The second-order valence-electron chi connectivity index (χ2n) is 8.19. The Labute approximate surface area is 192 Å². The normalized spacial score (nSPS) is 21.0. The third kappa shape index (κ3) is 4.23. The van der Waals surface area contributed by atoms with E-state index in [9.17, 15) is 13.2 Å². The Morgan fingerprint density at radius 1 is 1.10 bits per heavy atom. The molecule has 0 spiro atoms. The first-order chi connectivity index (χ1) is 14.7. The van der Waals surface area contributed by atoms with Gasteiger partial charge < -0.3 is 9.42 Å². The Kier molecular flexibility index (Phi) is 6.36. The molecule has 168 valence electrons. The summed E-state index contributed by atoms with van der Waals surface area (Å²) in [5.74, 6) is 0.180. The largest absolute Gasteiger partial charge is 0.360 e. The van der Waals surface area contributed by atoms with Gasteiger partial charge >= 0.3 is 0 Å². The van der Waals surface area contributed by atoms with Gasteiger partial charge in [-0.15, -0.1) is 0 Å². The highest BCUT2D eigenvalue weighted by molar-refractivity contribution is 7.89. The van der Waals surface area contributed by atoms with Gasteiger partial charge in [0.25, 0.3) is 0 Å². The summed E-state index contributed by atoms with van der Waals surface area (Å²) in [6.45, 7) is 4.51. The molecule has 1 aromatic heterocycles. The SMILES string of the molecule is Cc1noc(C)c1S(=O)(=O)N1CCC(C(=O)N2CCCC2c2ccc(Cl)c(Cl)c2)CC1. The van der Waals surface area contributed by atoms with Crippen LogP contribution < -0.4 is 0 Å². The first-order valence-corrected chi connectivity index (χ1v) is 12.6.